The summed E-state index contributed by atoms with van der Waals surface area (Å²) >= 11 is 0. The highest BCUT2D eigenvalue weighted by Gasteiger charge is 2.29. The van der Waals surface area contributed by atoms with Crippen molar-refractivity contribution in [2.24, 2.45) is 0 Å². The third kappa shape index (κ3) is 5.62. The van der Waals surface area contributed by atoms with E-state index in [-0.39, 0.29) is 12.5 Å². The molecule has 0 unspecified atom stereocenters. The first-order valence-corrected chi connectivity index (χ1v) is 11.4. The van der Waals surface area contributed by atoms with E-state index in [2.05, 4.69) is 20.3 Å². The van der Waals surface area contributed by atoms with E-state index in [0.717, 1.165) is 36.9 Å². The molecule has 2 heterocycles. The van der Waals surface area contributed by atoms with Crippen molar-refractivity contribution in [1.29, 1.82) is 0 Å². The summed E-state index contributed by atoms with van der Waals surface area (Å²) in [5.74, 6) is -0.133. The van der Waals surface area contributed by atoms with E-state index in [1.54, 1.807) is 27.1 Å². The van der Waals surface area contributed by atoms with Gasteiger partial charge in [-0.05, 0) is 64.2 Å². The largest absolute Gasteiger partial charge is 0.461 e. The molecule has 3 N–H and O–H groups in total. The summed E-state index contributed by atoms with van der Waals surface area (Å²) in [4.78, 5) is 37.8. The van der Waals surface area contributed by atoms with Crippen molar-refractivity contribution >= 4 is 29.0 Å². The molecule has 0 aliphatic heterocycles. The molecule has 10 nitrogen and oxygen atoms in total. The van der Waals surface area contributed by atoms with E-state index >= 15 is 0 Å². The number of nitrogens with two attached hydrogens (primary N) is 1. The lowest BCUT2D eigenvalue weighted by molar-refractivity contribution is -0.151. The van der Waals surface area contributed by atoms with Gasteiger partial charge in [0.15, 0.2) is 17.0 Å². The third-order valence-corrected chi connectivity index (χ3v) is 5.58. The molecule has 34 heavy (non-hydrogen) atoms. The Balaban J connectivity index is 1.50. The van der Waals surface area contributed by atoms with Crippen molar-refractivity contribution in [2.45, 2.75) is 70.6 Å². The number of carbonyl (C=O) groups is 2. The first-order chi connectivity index (χ1) is 16.2. The van der Waals surface area contributed by atoms with Gasteiger partial charge in [0.25, 0.3) is 0 Å². The summed E-state index contributed by atoms with van der Waals surface area (Å²) in [5.41, 5.74) is 8.02. The summed E-state index contributed by atoms with van der Waals surface area (Å²) in [6, 6.07) is 6.70. The Morgan fingerprint density at radius 1 is 1.15 bits per heavy atom. The summed E-state index contributed by atoms with van der Waals surface area (Å²) in [6.07, 6.45) is 6.35. The van der Waals surface area contributed by atoms with E-state index in [9.17, 15) is 9.59 Å². The second-order valence-corrected chi connectivity index (χ2v) is 9.46. The number of amides is 1. The molecule has 10 heteroatoms. The van der Waals surface area contributed by atoms with Crippen molar-refractivity contribution in [3.63, 3.8) is 0 Å². The van der Waals surface area contributed by atoms with Crippen molar-refractivity contribution < 1.29 is 19.1 Å². The molecule has 1 saturated carbocycles. The van der Waals surface area contributed by atoms with Gasteiger partial charge in [0.1, 0.15) is 30.4 Å². The van der Waals surface area contributed by atoms with Gasteiger partial charge in [-0.3, -0.25) is 4.57 Å². The zero-order valence-electron chi connectivity index (χ0n) is 19.7. The second kappa shape index (κ2) is 9.66. The predicted molar refractivity (Wildman–Crippen MR) is 126 cm³/mol. The molecule has 1 aliphatic carbocycles. The van der Waals surface area contributed by atoms with Gasteiger partial charge in [-0.15, -0.1) is 0 Å². The Hall–Kier alpha value is -3.69. The lowest BCUT2D eigenvalue weighted by Crippen LogP contribution is -2.46. The average molecular weight is 467 g/mol. The number of hydrogen-bond acceptors (Lipinski definition) is 8. The lowest BCUT2D eigenvalue weighted by Gasteiger charge is -2.24. The number of ether oxygens (including phenoxy) is 2. The first kappa shape index (κ1) is 23.5. The SMILES string of the molecule is CC(C)(C)OC(=O)N[C@@H](Cc1ccc(-n2cnc3c(N)ncnc32)cc1)C(=O)OC1CCCC1. The summed E-state index contributed by atoms with van der Waals surface area (Å²) in [6.45, 7) is 5.32. The maximum absolute atomic E-state index is 12.9. The Kier molecular flexibility index (Phi) is 6.67. The molecular weight excluding hydrogens is 436 g/mol. The van der Waals surface area contributed by atoms with Crippen LogP contribution in [0.15, 0.2) is 36.9 Å². The van der Waals surface area contributed by atoms with Gasteiger partial charge in [0.05, 0.1) is 0 Å². The number of carbonyl (C=O) groups excluding carboxylic acids is 2. The highest BCUT2D eigenvalue weighted by molar-refractivity contribution is 5.83. The number of nitrogens with one attached hydrogen (secondary N) is 1. The number of alkyl carbamates (subject to hydrolysis) is 1. The van der Waals surface area contributed by atoms with Gasteiger partial charge in [0, 0.05) is 12.1 Å². The molecule has 0 bridgehead atoms. The van der Waals surface area contributed by atoms with Gasteiger partial charge < -0.3 is 20.5 Å². The van der Waals surface area contributed by atoms with Crippen LogP contribution in [0.3, 0.4) is 0 Å². The molecule has 2 aromatic heterocycles. The number of rotatable bonds is 6. The highest BCUT2D eigenvalue weighted by atomic mass is 16.6. The van der Waals surface area contributed by atoms with Gasteiger partial charge in [-0.2, -0.15) is 0 Å². The standard InChI is InChI=1S/C24H30N6O4/c1-24(2,3)34-23(32)29-18(22(31)33-17-6-4-5-7-17)12-15-8-10-16(11-9-15)30-14-28-19-20(25)26-13-27-21(19)30/h8-11,13-14,17-18H,4-7,12H2,1-3H3,(H,29,32)(H2,25,26,27)/t18-/m0/s1. The fourth-order valence-electron chi connectivity index (χ4n) is 3.97. The Morgan fingerprint density at radius 2 is 1.85 bits per heavy atom. The predicted octanol–water partition coefficient (Wildman–Crippen LogP) is 3.32. The molecule has 3 aromatic rings. The molecule has 180 valence electrons. The maximum Gasteiger partial charge on any atom is 0.408 e. The van der Waals surface area contributed by atoms with Crippen molar-refractivity contribution in [2.75, 3.05) is 5.73 Å². The number of anilines is 1. The molecule has 1 aliphatic rings. The molecule has 0 saturated heterocycles. The van der Waals surface area contributed by atoms with Crippen molar-refractivity contribution in [1.82, 2.24) is 24.8 Å². The van der Waals surface area contributed by atoms with E-state index in [1.807, 2.05) is 28.8 Å². The Morgan fingerprint density at radius 3 is 2.53 bits per heavy atom. The van der Waals surface area contributed by atoms with E-state index in [0.29, 0.717) is 17.0 Å². The molecule has 0 radical (unpaired) electrons. The summed E-state index contributed by atoms with van der Waals surface area (Å²) in [5, 5.41) is 2.69. The third-order valence-electron chi connectivity index (χ3n) is 5.58. The van der Waals surface area contributed by atoms with Crippen LogP contribution < -0.4 is 11.1 Å². The van der Waals surface area contributed by atoms with Crippen molar-refractivity contribution in [3.8, 4) is 5.69 Å². The van der Waals surface area contributed by atoms with Gasteiger partial charge >= 0.3 is 12.1 Å². The normalized spacial score (nSPS) is 15.3. The fourth-order valence-corrected chi connectivity index (χ4v) is 3.97. The monoisotopic (exact) mass is 466 g/mol. The minimum atomic E-state index is -0.858. The number of hydrogen-bond donors (Lipinski definition) is 2. The Labute approximate surface area is 197 Å². The lowest BCUT2D eigenvalue weighted by atomic mass is 10.1. The zero-order valence-corrected chi connectivity index (χ0v) is 19.7. The van der Waals surface area contributed by atoms with Crippen LogP contribution in [-0.2, 0) is 20.7 Å². The maximum atomic E-state index is 12.9. The molecule has 1 fully saturated rings. The van der Waals surface area contributed by atoms with Crippen molar-refractivity contribution in [3.05, 3.63) is 42.5 Å². The molecule has 1 atom stereocenters. The smallest absolute Gasteiger partial charge is 0.408 e. The second-order valence-electron chi connectivity index (χ2n) is 9.46. The van der Waals surface area contributed by atoms with Crippen LogP contribution in [0.1, 0.15) is 52.0 Å². The fraction of sp³-hybridized carbons (Fsp3) is 0.458. The first-order valence-electron chi connectivity index (χ1n) is 11.4. The Bertz CT molecular complexity index is 1160. The number of aromatic nitrogens is 4. The molecule has 1 aromatic carbocycles. The van der Waals surface area contributed by atoms with Gasteiger partial charge in [-0.25, -0.2) is 24.5 Å². The number of imidazole rings is 1. The topological polar surface area (TPSA) is 134 Å². The van der Waals surface area contributed by atoms with Crippen LogP contribution in [0, 0.1) is 0 Å². The van der Waals surface area contributed by atoms with E-state index in [4.69, 9.17) is 15.2 Å². The zero-order chi connectivity index (χ0) is 24.3. The highest BCUT2D eigenvalue weighted by Crippen LogP contribution is 2.23. The van der Waals surface area contributed by atoms with Gasteiger partial charge in [0.2, 0.25) is 0 Å². The number of nitrogens with zero attached hydrogens (tertiary/aromatic N) is 4. The molecule has 1 amide bonds. The van der Waals surface area contributed by atoms with E-state index in [1.165, 1.54) is 6.33 Å². The number of esters is 1. The minimum absolute atomic E-state index is 0.0956. The minimum Gasteiger partial charge on any atom is -0.461 e. The molecule has 4 rings (SSSR count). The van der Waals surface area contributed by atoms with Crippen LogP contribution in [0.5, 0.6) is 0 Å². The van der Waals surface area contributed by atoms with Crippen LogP contribution in [0.25, 0.3) is 16.9 Å². The van der Waals surface area contributed by atoms with Crippen LogP contribution in [0.4, 0.5) is 10.6 Å². The molecular formula is C24H30N6O4. The quantitative estimate of drug-likeness (QED) is 0.528. The van der Waals surface area contributed by atoms with Gasteiger partial charge in [-0.1, -0.05) is 12.1 Å². The average Bonchev–Trinajstić information content (AvgIpc) is 3.43. The van der Waals surface area contributed by atoms with E-state index < -0.39 is 23.7 Å². The number of benzene rings is 1. The number of fused-ring (bicyclic) bond motifs is 1. The van der Waals surface area contributed by atoms with Crippen LogP contribution in [-0.4, -0.2) is 49.3 Å². The van der Waals surface area contributed by atoms with Crippen LogP contribution in [0.2, 0.25) is 0 Å². The van der Waals surface area contributed by atoms with Crippen LogP contribution >= 0.6 is 0 Å². The number of nitrogen functional groups attached to an aromatic ring is 1. The summed E-state index contributed by atoms with van der Waals surface area (Å²) in [7, 11) is 0. The summed E-state index contributed by atoms with van der Waals surface area (Å²) < 4.78 is 12.8. The molecule has 0 spiro atoms.